The molecule has 1 aromatic heterocycles. The zero-order valence-corrected chi connectivity index (χ0v) is 15.3. The summed E-state index contributed by atoms with van der Waals surface area (Å²) in [6, 6.07) is 12.7. The second-order valence-corrected chi connectivity index (χ2v) is 6.97. The molecule has 1 saturated carbocycles. The molecule has 0 saturated heterocycles. The van der Waals surface area contributed by atoms with Gasteiger partial charge in [-0.15, -0.1) is 0 Å². The van der Waals surface area contributed by atoms with Crippen molar-refractivity contribution in [3.05, 3.63) is 77.8 Å². The highest BCUT2D eigenvalue weighted by Crippen LogP contribution is 2.30. The Hall–Kier alpha value is -3.02. The monoisotopic (exact) mass is 382 g/mol. The molecule has 1 heterocycles. The van der Waals surface area contributed by atoms with Crippen LogP contribution in [0.2, 0.25) is 0 Å². The number of amides is 1. The number of hydrogen-bond acceptors (Lipinski definition) is 3. The summed E-state index contributed by atoms with van der Waals surface area (Å²) in [4.78, 5) is 18.7. The van der Waals surface area contributed by atoms with Crippen molar-refractivity contribution in [2.75, 3.05) is 0 Å². The van der Waals surface area contributed by atoms with Gasteiger partial charge in [-0.25, -0.2) is 13.8 Å². The van der Waals surface area contributed by atoms with E-state index in [4.69, 9.17) is 4.42 Å². The van der Waals surface area contributed by atoms with Crippen LogP contribution < -0.4 is 0 Å². The maximum Gasteiger partial charge on any atom is 0.223 e. The highest BCUT2D eigenvalue weighted by atomic mass is 19.1. The lowest BCUT2D eigenvalue weighted by molar-refractivity contribution is -0.132. The summed E-state index contributed by atoms with van der Waals surface area (Å²) >= 11 is 0. The predicted octanol–water partition coefficient (Wildman–Crippen LogP) is 4.74. The van der Waals surface area contributed by atoms with E-state index in [9.17, 15) is 13.6 Å². The van der Waals surface area contributed by atoms with Crippen LogP contribution in [0.25, 0.3) is 11.3 Å². The van der Waals surface area contributed by atoms with E-state index >= 15 is 0 Å². The number of halogens is 2. The second kappa shape index (κ2) is 7.92. The summed E-state index contributed by atoms with van der Waals surface area (Å²) in [5.74, 6) is 0.344. The third kappa shape index (κ3) is 4.27. The first-order valence-electron chi connectivity index (χ1n) is 9.33. The number of aryl methyl sites for hydroxylation is 1. The van der Waals surface area contributed by atoms with Gasteiger partial charge in [-0.1, -0.05) is 18.2 Å². The van der Waals surface area contributed by atoms with E-state index in [1.54, 1.807) is 41.4 Å². The van der Waals surface area contributed by atoms with Crippen molar-refractivity contribution in [1.29, 1.82) is 0 Å². The van der Waals surface area contributed by atoms with E-state index in [0.717, 1.165) is 18.4 Å². The minimum Gasteiger partial charge on any atom is -0.441 e. The molecular formula is C22H20F2N2O2. The molecule has 6 heteroatoms. The van der Waals surface area contributed by atoms with Gasteiger partial charge in [0, 0.05) is 36.6 Å². The Morgan fingerprint density at radius 1 is 1.11 bits per heavy atom. The molecule has 0 N–H and O–H groups in total. The van der Waals surface area contributed by atoms with Gasteiger partial charge >= 0.3 is 0 Å². The number of aromatic nitrogens is 1. The molecule has 4 nitrogen and oxygen atoms in total. The largest absolute Gasteiger partial charge is 0.441 e. The first-order valence-corrected chi connectivity index (χ1v) is 9.33. The Labute approximate surface area is 161 Å². The summed E-state index contributed by atoms with van der Waals surface area (Å²) in [5.41, 5.74) is 1.25. The molecular weight excluding hydrogens is 362 g/mol. The Balaban J connectivity index is 1.39. The van der Waals surface area contributed by atoms with Crippen molar-refractivity contribution in [3.8, 4) is 11.3 Å². The van der Waals surface area contributed by atoms with E-state index in [0.29, 0.717) is 23.6 Å². The molecule has 0 spiro atoms. The third-order valence-corrected chi connectivity index (χ3v) is 4.84. The van der Waals surface area contributed by atoms with Crippen molar-refractivity contribution in [2.45, 2.75) is 38.3 Å². The van der Waals surface area contributed by atoms with Crippen molar-refractivity contribution in [3.63, 3.8) is 0 Å². The normalized spacial score (nSPS) is 13.5. The number of oxazole rings is 1. The van der Waals surface area contributed by atoms with Crippen LogP contribution in [-0.4, -0.2) is 21.8 Å². The minimum atomic E-state index is -0.316. The topological polar surface area (TPSA) is 46.3 Å². The smallest absolute Gasteiger partial charge is 0.223 e. The zero-order chi connectivity index (χ0) is 19.5. The number of rotatable bonds is 7. The van der Waals surface area contributed by atoms with Crippen molar-refractivity contribution in [1.82, 2.24) is 9.88 Å². The fourth-order valence-corrected chi connectivity index (χ4v) is 3.15. The van der Waals surface area contributed by atoms with Gasteiger partial charge in [0.2, 0.25) is 5.91 Å². The fraction of sp³-hybridized carbons (Fsp3) is 0.273. The average Bonchev–Trinajstić information content (AvgIpc) is 3.43. The highest BCUT2D eigenvalue weighted by molar-refractivity contribution is 5.77. The van der Waals surface area contributed by atoms with Gasteiger partial charge in [-0.2, -0.15) is 0 Å². The number of carbonyl (C=O) groups is 1. The first-order chi connectivity index (χ1) is 13.6. The molecule has 0 atom stereocenters. The molecule has 0 aliphatic heterocycles. The van der Waals surface area contributed by atoms with Gasteiger partial charge in [-0.3, -0.25) is 4.79 Å². The third-order valence-electron chi connectivity index (χ3n) is 4.84. The fourth-order valence-electron chi connectivity index (χ4n) is 3.15. The Morgan fingerprint density at radius 2 is 1.86 bits per heavy atom. The molecule has 0 radical (unpaired) electrons. The van der Waals surface area contributed by atoms with Gasteiger partial charge in [0.1, 0.15) is 11.6 Å². The Kier molecular flexibility index (Phi) is 5.19. The maximum atomic E-state index is 14.0. The van der Waals surface area contributed by atoms with E-state index in [2.05, 4.69) is 4.98 Å². The lowest BCUT2D eigenvalue weighted by Crippen LogP contribution is -2.33. The van der Waals surface area contributed by atoms with Crippen LogP contribution in [0, 0.1) is 11.6 Å². The predicted molar refractivity (Wildman–Crippen MR) is 100 cm³/mol. The number of benzene rings is 2. The summed E-state index contributed by atoms with van der Waals surface area (Å²) in [7, 11) is 0. The molecule has 1 aliphatic carbocycles. The lowest BCUT2D eigenvalue weighted by Gasteiger charge is -2.22. The van der Waals surface area contributed by atoms with Gasteiger partial charge in [-0.05, 0) is 43.2 Å². The standard InChI is InChI=1S/C22H20F2N2O2/c23-17-7-5-15(6-8-17)20-13-25-21(28-20)11-12-22(27)26(18-9-10-18)14-16-3-1-2-4-19(16)24/h1-8,13,18H,9-12,14H2. The maximum absolute atomic E-state index is 14.0. The van der Waals surface area contributed by atoms with Crippen LogP contribution in [-0.2, 0) is 17.8 Å². The zero-order valence-electron chi connectivity index (χ0n) is 15.3. The van der Waals surface area contributed by atoms with E-state index in [1.165, 1.54) is 18.2 Å². The molecule has 1 aliphatic rings. The Bertz CT molecular complexity index is 965. The summed E-state index contributed by atoms with van der Waals surface area (Å²) < 4.78 is 32.7. The second-order valence-electron chi connectivity index (χ2n) is 6.97. The summed E-state index contributed by atoms with van der Waals surface area (Å²) in [6.07, 6.45) is 4.09. The van der Waals surface area contributed by atoms with E-state index in [-0.39, 0.29) is 36.5 Å². The molecule has 28 heavy (non-hydrogen) atoms. The average molecular weight is 382 g/mol. The minimum absolute atomic E-state index is 0.0349. The molecule has 144 valence electrons. The quantitative estimate of drug-likeness (QED) is 0.593. The van der Waals surface area contributed by atoms with Gasteiger partial charge in [0.25, 0.3) is 0 Å². The SMILES string of the molecule is O=C(CCc1ncc(-c2ccc(F)cc2)o1)N(Cc1ccccc1F)C1CC1. The van der Waals surface area contributed by atoms with Crippen molar-refractivity contribution < 1.29 is 18.0 Å². The first kappa shape index (κ1) is 18.3. The van der Waals surface area contributed by atoms with E-state index < -0.39 is 0 Å². The molecule has 0 unspecified atom stereocenters. The molecule has 1 amide bonds. The summed E-state index contributed by atoms with van der Waals surface area (Å²) in [5, 5.41) is 0. The lowest BCUT2D eigenvalue weighted by atomic mass is 10.2. The van der Waals surface area contributed by atoms with Crippen LogP contribution in [0.3, 0.4) is 0 Å². The summed E-state index contributed by atoms with van der Waals surface area (Å²) in [6.45, 7) is 0.280. The van der Waals surface area contributed by atoms with Gasteiger partial charge in [0.05, 0.1) is 6.20 Å². The van der Waals surface area contributed by atoms with Gasteiger partial charge < -0.3 is 9.32 Å². The molecule has 1 fully saturated rings. The molecule has 0 bridgehead atoms. The van der Waals surface area contributed by atoms with Crippen LogP contribution in [0.5, 0.6) is 0 Å². The van der Waals surface area contributed by atoms with Crippen LogP contribution >= 0.6 is 0 Å². The van der Waals surface area contributed by atoms with Crippen LogP contribution in [0.1, 0.15) is 30.7 Å². The number of hydrogen-bond donors (Lipinski definition) is 0. The number of nitrogens with zero attached hydrogens (tertiary/aromatic N) is 2. The van der Waals surface area contributed by atoms with Crippen LogP contribution in [0.15, 0.2) is 59.1 Å². The van der Waals surface area contributed by atoms with Gasteiger partial charge in [0.15, 0.2) is 11.7 Å². The Morgan fingerprint density at radius 3 is 2.57 bits per heavy atom. The molecule has 3 aromatic rings. The number of carbonyl (C=O) groups excluding carboxylic acids is 1. The highest BCUT2D eigenvalue weighted by Gasteiger charge is 2.32. The van der Waals surface area contributed by atoms with Crippen molar-refractivity contribution >= 4 is 5.91 Å². The van der Waals surface area contributed by atoms with Crippen LogP contribution in [0.4, 0.5) is 8.78 Å². The molecule has 4 rings (SSSR count). The molecule has 2 aromatic carbocycles. The van der Waals surface area contributed by atoms with Crippen molar-refractivity contribution in [2.24, 2.45) is 0 Å². The van der Waals surface area contributed by atoms with E-state index in [1.807, 2.05) is 0 Å².